The Kier molecular flexibility index (Phi) is 3.05. The van der Waals surface area contributed by atoms with E-state index in [1.807, 2.05) is 25.1 Å². The van der Waals surface area contributed by atoms with E-state index in [1.54, 1.807) is 14.2 Å². The summed E-state index contributed by atoms with van der Waals surface area (Å²) in [6.45, 7) is 2.00. The average Bonchev–Trinajstić information content (AvgIpc) is 3.19. The molecule has 2 fully saturated rings. The fourth-order valence-electron chi connectivity index (χ4n) is 4.35. The third-order valence-electron chi connectivity index (χ3n) is 5.29. The molecule has 0 N–H and O–H groups in total. The van der Waals surface area contributed by atoms with E-state index in [2.05, 4.69) is 0 Å². The van der Waals surface area contributed by atoms with Crippen LogP contribution in [0, 0.1) is 18.8 Å². The van der Waals surface area contributed by atoms with E-state index in [4.69, 9.17) is 14.2 Å². The molecule has 0 spiro atoms. The van der Waals surface area contributed by atoms with Crippen LogP contribution in [0.5, 0.6) is 5.75 Å². The van der Waals surface area contributed by atoms with Gasteiger partial charge in [-0.15, -0.1) is 0 Å². The quantitative estimate of drug-likeness (QED) is 0.861. The van der Waals surface area contributed by atoms with Gasteiger partial charge in [0.15, 0.2) is 5.78 Å². The molecular formula is C18H20O4. The van der Waals surface area contributed by atoms with Gasteiger partial charge in [0.1, 0.15) is 11.5 Å². The zero-order valence-electron chi connectivity index (χ0n) is 13.1. The fraction of sp³-hybridized carbons (Fsp3) is 0.500. The number of fused-ring (bicyclic) bond motifs is 5. The Hall–Kier alpha value is -1.81. The Balaban J connectivity index is 1.83. The van der Waals surface area contributed by atoms with Crippen molar-refractivity contribution in [1.82, 2.24) is 0 Å². The molecule has 0 unspecified atom stereocenters. The lowest BCUT2D eigenvalue weighted by Gasteiger charge is -2.21. The van der Waals surface area contributed by atoms with Crippen molar-refractivity contribution < 1.29 is 19.0 Å². The Morgan fingerprint density at radius 3 is 2.45 bits per heavy atom. The predicted molar refractivity (Wildman–Crippen MR) is 81.5 cm³/mol. The van der Waals surface area contributed by atoms with Crippen molar-refractivity contribution in [1.29, 1.82) is 0 Å². The second kappa shape index (κ2) is 4.85. The van der Waals surface area contributed by atoms with Gasteiger partial charge in [-0.1, -0.05) is 6.07 Å². The summed E-state index contributed by atoms with van der Waals surface area (Å²) in [5.74, 6) is 1.85. The van der Waals surface area contributed by atoms with Gasteiger partial charge in [0.05, 0.1) is 43.8 Å². The number of allylic oxidation sites excluding steroid dienone is 1. The minimum atomic E-state index is -0.0507. The van der Waals surface area contributed by atoms with Crippen molar-refractivity contribution in [2.24, 2.45) is 11.8 Å². The van der Waals surface area contributed by atoms with E-state index >= 15 is 0 Å². The SMILES string of the molecule is COC1=C(c2ccc(OC)cc2C)C(=O)[C@@H]2[C@H]1[C@H]1CC[C@@H]2O1. The number of rotatable bonds is 3. The summed E-state index contributed by atoms with van der Waals surface area (Å²) >= 11 is 0. The van der Waals surface area contributed by atoms with E-state index in [0.29, 0.717) is 0 Å². The lowest BCUT2D eigenvalue weighted by atomic mass is 9.80. The number of Topliss-reactive ketones (excluding diaryl/α,β-unsaturated/α-hetero) is 1. The molecule has 1 aromatic carbocycles. The van der Waals surface area contributed by atoms with Crippen molar-refractivity contribution in [3.63, 3.8) is 0 Å². The third-order valence-corrected chi connectivity index (χ3v) is 5.29. The highest BCUT2D eigenvalue weighted by molar-refractivity contribution is 6.25. The average molecular weight is 300 g/mol. The molecule has 4 rings (SSSR count). The molecular weight excluding hydrogens is 280 g/mol. The number of hydrogen-bond acceptors (Lipinski definition) is 4. The molecule has 4 atom stereocenters. The molecule has 2 bridgehead atoms. The van der Waals surface area contributed by atoms with Gasteiger partial charge in [-0.3, -0.25) is 4.79 Å². The molecule has 0 radical (unpaired) electrons. The van der Waals surface area contributed by atoms with E-state index in [9.17, 15) is 4.79 Å². The maximum Gasteiger partial charge on any atom is 0.173 e. The number of carbonyl (C=O) groups excluding carboxylic acids is 1. The Morgan fingerprint density at radius 1 is 1.09 bits per heavy atom. The summed E-state index contributed by atoms with van der Waals surface area (Å²) in [4.78, 5) is 13.0. The first-order valence-electron chi connectivity index (χ1n) is 7.78. The summed E-state index contributed by atoms with van der Waals surface area (Å²) in [6, 6.07) is 5.82. The molecule has 2 saturated heterocycles. The second-order valence-corrected chi connectivity index (χ2v) is 6.33. The first kappa shape index (κ1) is 13.8. The van der Waals surface area contributed by atoms with Gasteiger partial charge in [0.25, 0.3) is 0 Å². The van der Waals surface area contributed by atoms with Gasteiger partial charge in [0, 0.05) is 0 Å². The summed E-state index contributed by atoms with van der Waals surface area (Å²) in [5, 5.41) is 0. The smallest absolute Gasteiger partial charge is 0.173 e. The molecule has 0 aromatic heterocycles. The highest BCUT2D eigenvalue weighted by Gasteiger charge is 2.59. The summed E-state index contributed by atoms with van der Waals surface area (Å²) in [6.07, 6.45) is 2.23. The topological polar surface area (TPSA) is 44.8 Å². The van der Waals surface area contributed by atoms with Crippen molar-refractivity contribution in [2.45, 2.75) is 32.0 Å². The highest BCUT2D eigenvalue weighted by atomic mass is 16.5. The molecule has 0 saturated carbocycles. The predicted octanol–water partition coefficient (Wildman–Crippen LogP) is 2.74. The molecule has 3 aliphatic rings. The van der Waals surface area contributed by atoms with E-state index in [1.165, 1.54) is 0 Å². The summed E-state index contributed by atoms with van der Waals surface area (Å²) in [5.41, 5.74) is 2.74. The van der Waals surface area contributed by atoms with Crippen LogP contribution in [0.3, 0.4) is 0 Å². The van der Waals surface area contributed by atoms with Crippen molar-refractivity contribution in [2.75, 3.05) is 14.2 Å². The van der Waals surface area contributed by atoms with Crippen LogP contribution in [0.2, 0.25) is 0 Å². The van der Waals surface area contributed by atoms with E-state index in [0.717, 1.165) is 41.1 Å². The van der Waals surface area contributed by atoms with E-state index < -0.39 is 0 Å². The van der Waals surface area contributed by atoms with Gasteiger partial charge >= 0.3 is 0 Å². The molecule has 4 heteroatoms. The highest BCUT2D eigenvalue weighted by Crippen LogP contribution is 2.54. The Bertz CT molecular complexity index is 676. The molecule has 1 aromatic rings. The van der Waals surface area contributed by atoms with Crippen LogP contribution in [-0.2, 0) is 14.3 Å². The van der Waals surface area contributed by atoms with Gasteiger partial charge in [-0.25, -0.2) is 0 Å². The normalized spacial score (nSPS) is 32.6. The summed E-state index contributed by atoms with van der Waals surface area (Å²) in [7, 11) is 3.31. The zero-order chi connectivity index (χ0) is 15.4. The van der Waals surface area contributed by atoms with Gasteiger partial charge in [0.2, 0.25) is 0 Å². The maximum atomic E-state index is 13.0. The third kappa shape index (κ3) is 1.70. The standard InChI is InChI=1S/C18H20O4/c1-9-8-10(20-2)4-5-11(9)14-17(19)15-12-6-7-13(22-12)16(15)18(14)21-3/h4-5,8,12-13,15-16H,6-7H2,1-3H3/t12-,13+,15-,16+/m0/s1. The minimum absolute atomic E-state index is 0.0507. The molecule has 0 amide bonds. The zero-order valence-corrected chi connectivity index (χ0v) is 13.1. The molecule has 2 aliphatic heterocycles. The largest absolute Gasteiger partial charge is 0.500 e. The van der Waals surface area contributed by atoms with Crippen molar-refractivity contribution >= 4 is 11.4 Å². The van der Waals surface area contributed by atoms with Crippen molar-refractivity contribution in [3.05, 3.63) is 35.1 Å². The van der Waals surface area contributed by atoms with Crippen LogP contribution in [0.1, 0.15) is 24.0 Å². The Labute approximate surface area is 130 Å². The van der Waals surface area contributed by atoms with Crippen LogP contribution in [0.4, 0.5) is 0 Å². The number of benzene rings is 1. The van der Waals surface area contributed by atoms with Gasteiger partial charge in [-0.2, -0.15) is 0 Å². The van der Waals surface area contributed by atoms with Crippen LogP contribution in [0.25, 0.3) is 5.57 Å². The summed E-state index contributed by atoms with van der Waals surface area (Å²) < 4.78 is 16.9. The molecule has 1 aliphatic carbocycles. The number of methoxy groups -OCH3 is 2. The lowest BCUT2D eigenvalue weighted by Crippen LogP contribution is -2.29. The van der Waals surface area contributed by atoms with Gasteiger partial charge < -0.3 is 14.2 Å². The lowest BCUT2D eigenvalue weighted by molar-refractivity contribution is -0.118. The monoisotopic (exact) mass is 300 g/mol. The fourth-order valence-corrected chi connectivity index (χ4v) is 4.35. The number of ether oxygens (including phenoxy) is 3. The van der Waals surface area contributed by atoms with Crippen LogP contribution in [-0.4, -0.2) is 32.2 Å². The number of hydrogen-bond donors (Lipinski definition) is 0. The number of aryl methyl sites for hydroxylation is 1. The molecule has 4 nitrogen and oxygen atoms in total. The first-order valence-corrected chi connectivity index (χ1v) is 7.78. The second-order valence-electron chi connectivity index (χ2n) is 6.33. The van der Waals surface area contributed by atoms with E-state index in [-0.39, 0.29) is 29.8 Å². The molecule has 2 heterocycles. The molecule has 116 valence electrons. The van der Waals surface area contributed by atoms with Crippen molar-refractivity contribution in [3.8, 4) is 5.75 Å². The first-order chi connectivity index (χ1) is 10.7. The van der Waals surface area contributed by atoms with Crippen LogP contribution >= 0.6 is 0 Å². The number of ketones is 1. The minimum Gasteiger partial charge on any atom is -0.500 e. The maximum absolute atomic E-state index is 13.0. The Morgan fingerprint density at radius 2 is 1.82 bits per heavy atom. The van der Waals surface area contributed by atoms with Crippen LogP contribution in [0.15, 0.2) is 24.0 Å². The van der Waals surface area contributed by atoms with Gasteiger partial charge in [-0.05, 0) is 43.0 Å². The molecule has 22 heavy (non-hydrogen) atoms. The number of carbonyl (C=O) groups is 1. The van der Waals surface area contributed by atoms with Crippen LogP contribution < -0.4 is 4.74 Å².